The van der Waals surface area contributed by atoms with Crippen LogP contribution in [0.4, 0.5) is 11.6 Å². The minimum Gasteiger partial charge on any atom is -0.497 e. The lowest BCUT2D eigenvalue weighted by molar-refractivity contribution is -0.142. The molecule has 0 aliphatic carbocycles. The highest BCUT2D eigenvalue weighted by atomic mass is 16.5. The standard InChI is InChI=1S/C24H26N4O4/c1-32-21-8-4-17(5-9-21)18-13-25-24(26-14-18)27-19-6-2-16(3-7-19)10-11-28-15-20(29)12-22(28)23(30)31/h2-9,13-14,20,22,29H,10-12,15H2,1H3,(H,30,31)(H,25,26,27)/t20-,22-/m1/s1. The molecule has 3 aromatic rings. The number of carboxylic acids is 1. The molecule has 2 heterocycles. The van der Waals surface area contributed by atoms with Crippen molar-refractivity contribution < 1.29 is 19.7 Å². The van der Waals surface area contributed by atoms with Crippen molar-refractivity contribution in [3.8, 4) is 16.9 Å². The van der Waals surface area contributed by atoms with Crippen molar-refractivity contribution in [2.45, 2.75) is 25.0 Å². The number of hydrogen-bond donors (Lipinski definition) is 3. The Labute approximate surface area is 186 Å². The Morgan fingerprint density at radius 2 is 1.78 bits per heavy atom. The molecule has 1 fully saturated rings. The van der Waals surface area contributed by atoms with Gasteiger partial charge in [-0.3, -0.25) is 9.69 Å². The quantitative estimate of drug-likeness (QED) is 0.497. The number of carbonyl (C=O) groups is 1. The third-order valence-electron chi connectivity index (χ3n) is 5.64. The van der Waals surface area contributed by atoms with E-state index < -0.39 is 18.1 Å². The third kappa shape index (κ3) is 5.22. The smallest absolute Gasteiger partial charge is 0.321 e. The molecule has 1 aromatic heterocycles. The molecule has 1 aliphatic rings. The van der Waals surface area contributed by atoms with E-state index in [2.05, 4.69) is 15.3 Å². The van der Waals surface area contributed by atoms with Crippen molar-refractivity contribution in [1.82, 2.24) is 14.9 Å². The molecule has 1 saturated heterocycles. The molecule has 3 N–H and O–H groups in total. The van der Waals surface area contributed by atoms with Crippen LogP contribution in [0.15, 0.2) is 60.9 Å². The first kappa shape index (κ1) is 21.7. The van der Waals surface area contributed by atoms with Crippen molar-refractivity contribution in [2.24, 2.45) is 0 Å². The number of carboxylic acid groups (broad SMARTS) is 1. The molecule has 0 radical (unpaired) electrons. The van der Waals surface area contributed by atoms with E-state index >= 15 is 0 Å². The van der Waals surface area contributed by atoms with Gasteiger partial charge in [-0.25, -0.2) is 9.97 Å². The Kier molecular flexibility index (Phi) is 6.63. The molecule has 32 heavy (non-hydrogen) atoms. The van der Waals surface area contributed by atoms with E-state index in [9.17, 15) is 15.0 Å². The number of aliphatic carboxylic acids is 1. The maximum Gasteiger partial charge on any atom is 0.321 e. The summed E-state index contributed by atoms with van der Waals surface area (Å²) in [5.74, 6) is 0.431. The maximum absolute atomic E-state index is 11.3. The first-order valence-corrected chi connectivity index (χ1v) is 10.5. The zero-order chi connectivity index (χ0) is 22.5. The van der Waals surface area contributed by atoms with E-state index in [0.29, 0.717) is 25.5 Å². The SMILES string of the molecule is COc1ccc(-c2cnc(Nc3ccc(CCN4C[C@H](O)C[C@@H]4C(=O)O)cc3)nc2)cc1. The zero-order valence-electron chi connectivity index (χ0n) is 17.8. The topological polar surface area (TPSA) is 108 Å². The lowest BCUT2D eigenvalue weighted by Crippen LogP contribution is -2.37. The van der Waals surface area contributed by atoms with Crippen LogP contribution in [-0.2, 0) is 11.2 Å². The molecule has 4 rings (SSSR count). The van der Waals surface area contributed by atoms with Gasteiger partial charge in [-0.15, -0.1) is 0 Å². The number of ether oxygens (including phenoxy) is 1. The van der Waals surface area contributed by atoms with Crippen LogP contribution in [-0.4, -0.2) is 63.4 Å². The fourth-order valence-corrected chi connectivity index (χ4v) is 3.87. The zero-order valence-corrected chi connectivity index (χ0v) is 17.8. The van der Waals surface area contributed by atoms with Gasteiger partial charge in [0.25, 0.3) is 0 Å². The lowest BCUT2D eigenvalue weighted by Gasteiger charge is -2.20. The van der Waals surface area contributed by atoms with Crippen LogP contribution < -0.4 is 10.1 Å². The van der Waals surface area contributed by atoms with E-state index in [1.807, 2.05) is 53.4 Å². The molecule has 2 atom stereocenters. The van der Waals surface area contributed by atoms with E-state index in [1.54, 1.807) is 19.5 Å². The highest BCUT2D eigenvalue weighted by Crippen LogP contribution is 2.23. The van der Waals surface area contributed by atoms with Gasteiger partial charge >= 0.3 is 5.97 Å². The molecule has 0 amide bonds. The molecule has 0 saturated carbocycles. The molecule has 166 valence electrons. The summed E-state index contributed by atoms with van der Waals surface area (Å²) in [6.07, 6.45) is 3.97. The van der Waals surface area contributed by atoms with E-state index in [1.165, 1.54) is 0 Å². The van der Waals surface area contributed by atoms with Gasteiger partial charge in [-0.05, 0) is 41.8 Å². The summed E-state index contributed by atoms with van der Waals surface area (Å²) in [5.41, 5.74) is 3.89. The molecule has 2 aromatic carbocycles. The van der Waals surface area contributed by atoms with Crippen molar-refractivity contribution in [3.63, 3.8) is 0 Å². The average molecular weight is 434 g/mol. The van der Waals surface area contributed by atoms with Gasteiger partial charge in [0.1, 0.15) is 11.8 Å². The number of likely N-dealkylation sites (tertiary alicyclic amines) is 1. The highest BCUT2D eigenvalue weighted by molar-refractivity contribution is 5.74. The van der Waals surface area contributed by atoms with E-state index in [-0.39, 0.29) is 6.42 Å². The predicted octanol–water partition coefficient (Wildman–Crippen LogP) is 2.96. The molecule has 8 heteroatoms. The number of nitrogens with one attached hydrogen (secondary N) is 1. The number of rotatable bonds is 8. The monoisotopic (exact) mass is 434 g/mol. The van der Waals surface area contributed by atoms with Crippen LogP contribution in [0.5, 0.6) is 5.75 Å². The number of methoxy groups -OCH3 is 1. The Hall–Kier alpha value is -3.49. The molecule has 0 unspecified atom stereocenters. The summed E-state index contributed by atoms with van der Waals surface area (Å²) in [7, 11) is 1.64. The van der Waals surface area contributed by atoms with Crippen LogP contribution in [0.2, 0.25) is 0 Å². The van der Waals surface area contributed by atoms with Gasteiger partial charge < -0.3 is 20.3 Å². The number of aliphatic hydroxyl groups excluding tert-OH is 1. The highest BCUT2D eigenvalue weighted by Gasteiger charge is 2.35. The van der Waals surface area contributed by atoms with Gasteiger partial charge in [-0.2, -0.15) is 0 Å². The molecule has 8 nitrogen and oxygen atoms in total. The largest absolute Gasteiger partial charge is 0.497 e. The summed E-state index contributed by atoms with van der Waals surface area (Å²) in [4.78, 5) is 22.0. The number of anilines is 2. The third-order valence-corrected chi connectivity index (χ3v) is 5.64. The summed E-state index contributed by atoms with van der Waals surface area (Å²) >= 11 is 0. The normalized spacial score (nSPS) is 18.4. The summed E-state index contributed by atoms with van der Waals surface area (Å²) < 4.78 is 5.18. The number of β-amino-alcohol motifs (C(OH)–C–C–N with tert-alkyl or cyclic N) is 1. The van der Waals surface area contributed by atoms with Crippen LogP contribution in [0.1, 0.15) is 12.0 Å². The number of hydrogen-bond acceptors (Lipinski definition) is 7. The molecular weight excluding hydrogens is 408 g/mol. The fourth-order valence-electron chi connectivity index (χ4n) is 3.87. The second kappa shape index (κ2) is 9.76. The summed E-state index contributed by atoms with van der Waals surface area (Å²) in [5, 5.41) is 22.3. The van der Waals surface area contributed by atoms with Crippen LogP contribution >= 0.6 is 0 Å². The van der Waals surface area contributed by atoms with E-state index in [4.69, 9.17) is 4.74 Å². The van der Waals surface area contributed by atoms with Crippen molar-refractivity contribution >= 4 is 17.6 Å². The minimum absolute atomic E-state index is 0.287. The van der Waals surface area contributed by atoms with Gasteiger partial charge in [0.2, 0.25) is 5.95 Å². The Bertz CT molecular complexity index is 1040. The Morgan fingerprint density at radius 1 is 1.09 bits per heavy atom. The number of aromatic nitrogens is 2. The van der Waals surface area contributed by atoms with E-state index in [0.717, 1.165) is 28.1 Å². The molecule has 0 spiro atoms. The van der Waals surface area contributed by atoms with Crippen molar-refractivity contribution in [2.75, 3.05) is 25.5 Å². The van der Waals surface area contributed by atoms with Crippen LogP contribution in [0, 0.1) is 0 Å². The molecule has 1 aliphatic heterocycles. The van der Waals surface area contributed by atoms with Crippen molar-refractivity contribution in [3.05, 3.63) is 66.5 Å². The second-order valence-corrected chi connectivity index (χ2v) is 7.83. The van der Waals surface area contributed by atoms with Gasteiger partial charge in [-0.1, -0.05) is 24.3 Å². The Morgan fingerprint density at radius 3 is 2.41 bits per heavy atom. The van der Waals surface area contributed by atoms with Crippen LogP contribution in [0.25, 0.3) is 11.1 Å². The number of benzene rings is 2. The van der Waals surface area contributed by atoms with Gasteiger partial charge in [0.05, 0.1) is 13.2 Å². The molecular formula is C24H26N4O4. The maximum atomic E-state index is 11.3. The van der Waals surface area contributed by atoms with Crippen LogP contribution in [0.3, 0.4) is 0 Å². The summed E-state index contributed by atoms with van der Waals surface area (Å²) in [6.45, 7) is 0.997. The van der Waals surface area contributed by atoms with Crippen molar-refractivity contribution in [1.29, 1.82) is 0 Å². The predicted molar refractivity (Wildman–Crippen MR) is 121 cm³/mol. The minimum atomic E-state index is -0.876. The lowest BCUT2D eigenvalue weighted by atomic mass is 10.1. The fraction of sp³-hybridized carbons (Fsp3) is 0.292. The first-order chi connectivity index (χ1) is 15.5. The van der Waals surface area contributed by atoms with Gasteiger partial charge in [0.15, 0.2) is 0 Å². The number of nitrogens with zero attached hydrogens (tertiary/aromatic N) is 3. The first-order valence-electron chi connectivity index (χ1n) is 10.5. The van der Waals surface area contributed by atoms with Gasteiger partial charge in [0, 0.05) is 43.2 Å². The second-order valence-electron chi connectivity index (χ2n) is 7.83. The summed E-state index contributed by atoms with van der Waals surface area (Å²) in [6, 6.07) is 15.0. The molecule has 0 bridgehead atoms. The number of aliphatic hydroxyl groups is 1. The average Bonchev–Trinajstić information content (AvgIpc) is 3.20. The Balaban J connectivity index is 1.33.